The normalized spacial score (nSPS) is 14.6. The molecule has 1 aliphatic carbocycles. The van der Waals surface area contributed by atoms with Crippen molar-refractivity contribution in [3.8, 4) is 23.0 Å². The minimum absolute atomic E-state index is 0.247. The predicted octanol–water partition coefficient (Wildman–Crippen LogP) is 3.12. The van der Waals surface area contributed by atoms with Crippen LogP contribution < -0.4 is 18.9 Å². The Labute approximate surface area is 166 Å². The van der Waals surface area contributed by atoms with Gasteiger partial charge in [0.15, 0.2) is 0 Å². The number of aliphatic hydroxyl groups excluding tert-OH is 1. The van der Waals surface area contributed by atoms with E-state index in [-0.39, 0.29) is 6.61 Å². The lowest BCUT2D eigenvalue weighted by atomic mass is 10.1. The molecule has 0 aromatic heterocycles. The monoisotopic (exact) mass is 387 g/mol. The van der Waals surface area contributed by atoms with Crippen LogP contribution in [0.15, 0.2) is 42.5 Å². The minimum Gasteiger partial charge on any atom is -0.497 e. The molecule has 0 bridgehead atoms. The average Bonchev–Trinajstić information content (AvgIpc) is 3.57. The van der Waals surface area contributed by atoms with Crippen LogP contribution in [0.25, 0.3) is 0 Å². The predicted molar refractivity (Wildman–Crippen MR) is 107 cm³/mol. The van der Waals surface area contributed by atoms with E-state index in [2.05, 4.69) is 4.90 Å². The molecular formula is C22H29NO5. The van der Waals surface area contributed by atoms with Crippen molar-refractivity contribution in [2.75, 3.05) is 34.5 Å². The molecular weight excluding hydrogens is 358 g/mol. The topological polar surface area (TPSA) is 60.4 Å². The highest BCUT2D eigenvalue weighted by atomic mass is 16.5. The molecule has 0 amide bonds. The molecule has 0 spiro atoms. The highest BCUT2D eigenvalue weighted by molar-refractivity contribution is 5.38. The first-order chi connectivity index (χ1) is 13.6. The van der Waals surface area contributed by atoms with Crippen LogP contribution >= 0.6 is 0 Å². The van der Waals surface area contributed by atoms with Gasteiger partial charge in [-0.2, -0.15) is 0 Å². The van der Waals surface area contributed by atoms with E-state index in [1.54, 1.807) is 21.3 Å². The van der Waals surface area contributed by atoms with Crippen LogP contribution in [-0.4, -0.2) is 56.6 Å². The van der Waals surface area contributed by atoms with Gasteiger partial charge in [-0.1, -0.05) is 0 Å². The standard InChI is InChI=1S/C22H29NO5/c1-25-19-6-8-20(9-7-19)28-15-18(24)14-23(17-4-5-17)13-16-10-21(26-2)12-22(11-16)27-3/h6-12,17-18,24H,4-5,13-15H2,1-3H3. The Balaban J connectivity index is 1.56. The van der Waals surface area contributed by atoms with E-state index in [1.165, 1.54) is 0 Å². The maximum Gasteiger partial charge on any atom is 0.122 e. The molecule has 6 heteroatoms. The Morgan fingerprint density at radius 2 is 1.46 bits per heavy atom. The van der Waals surface area contributed by atoms with Crippen LogP contribution in [0.1, 0.15) is 18.4 Å². The van der Waals surface area contributed by atoms with Gasteiger partial charge >= 0.3 is 0 Å². The lowest BCUT2D eigenvalue weighted by Crippen LogP contribution is -2.36. The number of methoxy groups -OCH3 is 3. The Morgan fingerprint density at radius 3 is 2.00 bits per heavy atom. The van der Waals surface area contributed by atoms with Gasteiger partial charge in [0, 0.05) is 25.2 Å². The molecule has 2 aromatic carbocycles. The van der Waals surface area contributed by atoms with Gasteiger partial charge < -0.3 is 24.1 Å². The average molecular weight is 387 g/mol. The maximum absolute atomic E-state index is 10.5. The molecule has 3 rings (SSSR count). The summed E-state index contributed by atoms with van der Waals surface area (Å²) in [5.74, 6) is 3.04. The number of benzene rings is 2. The van der Waals surface area contributed by atoms with Crippen molar-refractivity contribution < 1.29 is 24.1 Å². The second-order valence-electron chi connectivity index (χ2n) is 7.02. The fraction of sp³-hybridized carbons (Fsp3) is 0.455. The summed E-state index contributed by atoms with van der Waals surface area (Å²) in [4.78, 5) is 2.30. The third-order valence-corrected chi connectivity index (χ3v) is 4.81. The first-order valence-electron chi connectivity index (χ1n) is 9.52. The molecule has 0 heterocycles. The third-order valence-electron chi connectivity index (χ3n) is 4.81. The summed E-state index contributed by atoms with van der Waals surface area (Å²) in [5.41, 5.74) is 1.10. The van der Waals surface area contributed by atoms with Crippen LogP contribution in [0.2, 0.25) is 0 Å². The summed E-state index contributed by atoms with van der Waals surface area (Å²) < 4.78 is 21.6. The van der Waals surface area contributed by atoms with E-state index in [1.807, 2.05) is 42.5 Å². The van der Waals surface area contributed by atoms with Crippen molar-refractivity contribution in [2.45, 2.75) is 31.5 Å². The van der Waals surface area contributed by atoms with Crippen LogP contribution in [0.4, 0.5) is 0 Å². The number of ether oxygens (including phenoxy) is 4. The number of hydrogen-bond acceptors (Lipinski definition) is 6. The lowest BCUT2D eigenvalue weighted by molar-refractivity contribution is 0.0626. The molecule has 1 N–H and O–H groups in total. The van der Waals surface area contributed by atoms with Gasteiger partial charge in [0.05, 0.1) is 21.3 Å². The molecule has 6 nitrogen and oxygen atoms in total. The SMILES string of the molecule is COc1ccc(OCC(O)CN(Cc2cc(OC)cc(OC)c2)C2CC2)cc1. The van der Waals surface area contributed by atoms with Crippen molar-refractivity contribution in [3.05, 3.63) is 48.0 Å². The quantitative estimate of drug-likeness (QED) is 0.639. The third kappa shape index (κ3) is 5.78. The summed E-state index contributed by atoms with van der Waals surface area (Å²) >= 11 is 0. The zero-order valence-electron chi connectivity index (χ0n) is 16.8. The lowest BCUT2D eigenvalue weighted by Gasteiger charge is -2.25. The van der Waals surface area contributed by atoms with Gasteiger partial charge in [0.1, 0.15) is 35.7 Å². The number of rotatable bonds is 11. The zero-order chi connectivity index (χ0) is 19.9. The second kappa shape index (κ2) is 9.66. The van der Waals surface area contributed by atoms with Gasteiger partial charge in [0.2, 0.25) is 0 Å². The highest BCUT2D eigenvalue weighted by Gasteiger charge is 2.30. The van der Waals surface area contributed by atoms with Crippen molar-refractivity contribution in [2.24, 2.45) is 0 Å². The summed E-state index contributed by atoms with van der Waals surface area (Å²) in [6.07, 6.45) is 1.75. The Hall–Kier alpha value is -2.44. The smallest absolute Gasteiger partial charge is 0.122 e. The first kappa shape index (κ1) is 20.3. The molecule has 28 heavy (non-hydrogen) atoms. The minimum atomic E-state index is -0.574. The summed E-state index contributed by atoms with van der Waals surface area (Å²) in [7, 11) is 4.93. The van der Waals surface area contributed by atoms with Crippen molar-refractivity contribution >= 4 is 0 Å². The van der Waals surface area contributed by atoms with Crippen LogP contribution in [-0.2, 0) is 6.54 Å². The summed E-state index contributed by atoms with van der Waals surface area (Å²) in [5, 5.41) is 10.5. The Morgan fingerprint density at radius 1 is 0.893 bits per heavy atom. The number of aliphatic hydroxyl groups is 1. The van der Waals surface area contributed by atoms with Gasteiger partial charge in [-0.15, -0.1) is 0 Å². The fourth-order valence-corrected chi connectivity index (χ4v) is 3.16. The number of hydrogen-bond donors (Lipinski definition) is 1. The Kier molecular flexibility index (Phi) is 7.01. The summed E-state index contributed by atoms with van der Waals surface area (Å²) in [6.45, 7) is 1.54. The molecule has 0 saturated heterocycles. The molecule has 2 aromatic rings. The molecule has 1 aliphatic rings. The van der Waals surface area contributed by atoms with E-state index in [0.717, 1.165) is 47.9 Å². The fourth-order valence-electron chi connectivity index (χ4n) is 3.16. The first-order valence-corrected chi connectivity index (χ1v) is 9.52. The van der Waals surface area contributed by atoms with Gasteiger partial charge in [-0.05, 0) is 54.8 Å². The van der Waals surface area contributed by atoms with Crippen LogP contribution in [0, 0.1) is 0 Å². The molecule has 152 valence electrons. The Bertz CT molecular complexity index is 723. The molecule has 1 atom stereocenters. The molecule has 0 aliphatic heterocycles. The van der Waals surface area contributed by atoms with E-state index in [9.17, 15) is 5.11 Å². The van der Waals surface area contributed by atoms with E-state index < -0.39 is 6.10 Å². The molecule has 1 unspecified atom stereocenters. The van der Waals surface area contributed by atoms with Crippen LogP contribution in [0.5, 0.6) is 23.0 Å². The van der Waals surface area contributed by atoms with Crippen LogP contribution in [0.3, 0.4) is 0 Å². The second-order valence-corrected chi connectivity index (χ2v) is 7.02. The van der Waals surface area contributed by atoms with Crippen molar-refractivity contribution in [3.63, 3.8) is 0 Å². The van der Waals surface area contributed by atoms with Crippen molar-refractivity contribution in [1.82, 2.24) is 4.90 Å². The van der Waals surface area contributed by atoms with Gasteiger partial charge in [-0.25, -0.2) is 0 Å². The van der Waals surface area contributed by atoms with E-state index >= 15 is 0 Å². The number of nitrogens with zero attached hydrogens (tertiary/aromatic N) is 1. The molecule has 1 saturated carbocycles. The maximum atomic E-state index is 10.5. The van der Waals surface area contributed by atoms with E-state index in [4.69, 9.17) is 18.9 Å². The highest BCUT2D eigenvalue weighted by Crippen LogP contribution is 2.30. The van der Waals surface area contributed by atoms with Gasteiger partial charge in [0.25, 0.3) is 0 Å². The zero-order valence-corrected chi connectivity index (χ0v) is 16.8. The summed E-state index contributed by atoms with van der Waals surface area (Å²) in [6, 6.07) is 13.8. The van der Waals surface area contributed by atoms with Gasteiger partial charge in [-0.3, -0.25) is 4.90 Å². The van der Waals surface area contributed by atoms with E-state index in [0.29, 0.717) is 12.6 Å². The molecule has 1 fully saturated rings. The largest absolute Gasteiger partial charge is 0.497 e. The van der Waals surface area contributed by atoms with Crippen molar-refractivity contribution in [1.29, 1.82) is 0 Å². The molecule has 0 radical (unpaired) electrons.